The molecule has 0 saturated carbocycles. The lowest BCUT2D eigenvalue weighted by atomic mass is 9.91. The smallest absolute Gasteiger partial charge is 0.303 e. The van der Waals surface area contributed by atoms with Crippen LogP contribution in [0.2, 0.25) is 0 Å². The molecule has 2 aliphatic rings. The molecule has 2 atom stereocenters. The second kappa shape index (κ2) is 7.10. The summed E-state index contributed by atoms with van der Waals surface area (Å²) in [4.78, 5) is 13.2. The van der Waals surface area contributed by atoms with Gasteiger partial charge < -0.3 is 14.7 Å². The molecule has 0 radical (unpaired) electrons. The Bertz CT molecular complexity index is 262. The van der Waals surface area contributed by atoms with Crippen LogP contribution < -0.4 is 0 Å². The summed E-state index contributed by atoms with van der Waals surface area (Å²) in [6, 6.07) is 0.667. The minimum Gasteiger partial charge on any atom is -0.481 e. The van der Waals surface area contributed by atoms with Gasteiger partial charge in [-0.1, -0.05) is 0 Å². The van der Waals surface area contributed by atoms with Gasteiger partial charge in [0.05, 0.1) is 0 Å². The Morgan fingerprint density at radius 1 is 1.22 bits per heavy atom. The Labute approximate surface area is 109 Å². The van der Waals surface area contributed by atoms with E-state index in [1.54, 1.807) is 0 Å². The second-order valence-electron chi connectivity index (χ2n) is 5.63. The van der Waals surface area contributed by atoms with E-state index in [2.05, 4.69) is 4.90 Å². The average Bonchev–Trinajstić information content (AvgIpc) is 2.65. The predicted octanol–water partition coefficient (Wildman–Crippen LogP) is 2.13. The molecule has 0 bridgehead atoms. The van der Waals surface area contributed by atoms with Crippen molar-refractivity contribution < 1.29 is 14.6 Å². The van der Waals surface area contributed by atoms with E-state index in [9.17, 15) is 4.79 Å². The molecular weight excluding hydrogens is 230 g/mol. The van der Waals surface area contributed by atoms with E-state index < -0.39 is 5.97 Å². The Morgan fingerprint density at radius 2 is 2.11 bits per heavy atom. The van der Waals surface area contributed by atoms with Gasteiger partial charge in [-0.15, -0.1) is 0 Å². The molecule has 2 aliphatic heterocycles. The molecule has 4 nitrogen and oxygen atoms in total. The molecule has 0 aliphatic carbocycles. The highest BCUT2D eigenvalue weighted by molar-refractivity contribution is 5.66. The Morgan fingerprint density at radius 3 is 2.94 bits per heavy atom. The maximum Gasteiger partial charge on any atom is 0.303 e. The third kappa shape index (κ3) is 4.25. The lowest BCUT2D eigenvalue weighted by Gasteiger charge is -2.38. The molecule has 0 aromatic rings. The molecule has 0 aromatic carbocycles. The number of ether oxygens (including phenoxy) is 1. The molecule has 104 valence electrons. The Kier molecular flexibility index (Phi) is 5.45. The molecule has 18 heavy (non-hydrogen) atoms. The third-order valence-electron chi connectivity index (χ3n) is 4.25. The first-order chi connectivity index (χ1) is 8.75. The number of carboxylic acid groups (broad SMARTS) is 1. The van der Waals surface area contributed by atoms with E-state index in [1.165, 1.54) is 32.2 Å². The summed E-state index contributed by atoms with van der Waals surface area (Å²) < 4.78 is 5.52. The number of carbonyl (C=O) groups is 1. The predicted molar refractivity (Wildman–Crippen MR) is 69.6 cm³/mol. The van der Waals surface area contributed by atoms with Gasteiger partial charge in [0.1, 0.15) is 0 Å². The molecule has 0 spiro atoms. The van der Waals surface area contributed by atoms with E-state index in [1.807, 2.05) is 0 Å². The molecule has 2 rings (SSSR count). The zero-order chi connectivity index (χ0) is 12.8. The van der Waals surface area contributed by atoms with Gasteiger partial charge in [-0.3, -0.25) is 4.79 Å². The molecule has 1 N–H and O–H groups in total. The molecule has 4 heteroatoms. The van der Waals surface area contributed by atoms with Crippen molar-refractivity contribution in [2.45, 2.75) is 51.0 Å². The van der Waals surface area contributed by atoms with Gasteiger partial charge >= 0.3 is 5.97 Å². The van der Waals surface area contributed by atoms with Crippen LogP contribution in [0.1, 0.15) is 44.9 Å². The van der Waals surface area contributed by atoms with Gasteiger partial charge in [-0.25, -0.2) is 0 Å². The summed E-state index contributed by atoms with van der Waals surface area (Å²) >= 11 is 0. The normalized spacial score (nSPS) is 30.9. The first-order valence-corrected chi connectivity index (χ1v) is 7.29. The van der Waals surface area contributed by atoms with E-state index in [4.69, 9.17) is 9.84 Å². The molecule has 2 fully saturated rings. The monoisotopic (exact) mass is 255 g/mol. The molecule has 2 saturated heterocycles. The topological polar surface area (TPSA) is 49.8 Å². The SMILES string of the molecule is O=C(O)CCC1CCCN(C2CCCOCC2)C1. The zero-order valence-corrected chi connectivity index (χ0v) is 11.1. The van der Waals surface area contributed by atoms with Crippen LogP contribution in [0.25, 0.3) is 0 Å². The molecule has 0 aromatic heterocycles. The first-order valence-electron chi connectivity index (χ1n) is 7.29. The minimum atomic E-state index is -0.657. The van der Waals surface area contributed by atoms with Crippen LogP contribution in [-0.4, -0.2) is 48.3 Å². The van der Waals surface area contributed by atoms with Crippen molar-refractivity contribution in [2.24, 2.45) is 5.92 Å². The van der Waals surface area contributed by atoms with Crippen LogP contribution >= 0.6 is 0 Å². The first kappa shape index (κ1) is 13.8. The van der Waals surface area contributed by atoms with Crippen molar-refractivity contribution in [3.63, 3.8) is 0 Å². The number of nitrogens with zero attached hydrogens (tertiary/aromatic N) is 1. The fraction of sp³-hybridized carbons (Fsp3) is 0.929. The van der Waals surface area contributed by atoms with Crippen LogP contribution in [-0.2, 0) is 9.53 Å². The van der Waals surface area contributed by atoms with Crippen molar-refractivity contribution in [1.29, 1.82) is 0 Å². The van der Waals surface area contributed by atoms with E-state index in [-0.39, 0.29) is 0 Å². The summed E-state index contributed by atoms with van der Waals surface area (Å²) in [7, 11) is 0. The van der Waals surface area contributed by atoms with Crippen molar-refractivity contribution >= 4 is 5.97 Å². The molecular formula is C14H25NO3. The fourth-order valence-electron chi connectivity index (χ4n) is 3.24. The summed E-state index contributed by atoms with van der Waals surface area (Å²) in [5.41, 5.74) is 0. The maximum atomic E-state index is 10.6. The lowest BCUT2D eigenvalue weighted by Crippen LogP contribution is -2.43. The fourth-order valence-corrected chi connectivity index (χ4v) is 3.24. The Hall–Kier alpha value is -0.610. The van der Waals surface area contributed by atoms with Gasteiger partial charge in [0, 0.05) is 32.2 Å². The molecule has 2 heterocycles. The molecule has 0 amide bonds. The van der Waals surface area contributed by atoms with E-state index in [0.717, 1.165) is 32.6 Å². The highest BCUT2D eigenvalue weighted by atomic mass is 16.5. The second-order valence-corrected chi connectivity index (χ2v) is 5.63. The van der Waals surface area contributed by atoms with Crippen molar-refractivity contribution in [3.05, 3.63) is 0 Å². The van der Waals surface area contributed by atoms with Gasteiger partial charge in [0.2, 0.25) is 0 Å². The van der Waals surface area contributed by atoms with Crippen LogP contribution in [0.4, 0.5) is 0 Å². The highest BCUT2D eigenvalue weighted by Crippen LogP contribution is 2.25. The number of likely N-dealkylation sites (tertiary alicyclic amines) is 1. The summed E-state index contributed by atoms with van der Waals surface area (Å²) in [6.45, 7) is 4.08. The van der Waals surface area contributed by atoms with Gasteiger partial charge in [0.25, 0.3) is 0 Å². The highest BCUT2D eigenvalue weighted by Gasteiger charge is 2.26. The Balaban J connectivity index is 1.79. The number of hydrogen-bond donors (Lipinski definition) is 1. The zero-order valence-electron chi connectivity index (χ0n) is 11.1. The largest absolute Gasteiger partial charge is 0.481 e. The molecule has 2 unspecified atom stereocenters. The maximum absolute atomic E-state index is 10.6. The van der Waals surface area contributed by atoms with Gasteiger partial charge in [0.15, 0.2) is 0 Å². The number of aliphatic carboxylic acids is 1. The van der Waals surface area contributed by atoms with Crippen molar-refractivity contribution in [3.8, 4) is 0 Å². The number of piperidine rings is 1. The van der Waals surface area contributed by atoms with Crippen LogP contribution in [0, 0.1) is 5.92 Å². The average molecular weight is 255 g/mol. The van der Waals surface area contributed by atoms with Gasteiger partial charge in [-0.05, 0) is 51.0 Å². The van der Waals surface area contributed by atoms with E-state index >= 15 is 0 Å². The lowest BCUT2D eigenvalue weighted by molar-refractivity contribution is -0.137. The van der Waals surface area contributed by atoms with Crippen LogP contribution in [0.15, 0.2) is 0 Å². The van der Waals surface area contributed by atoms with Crippen LogP contribution in [0.5, 0.6) is 0 Å². The van der Waals surface area contributed by atoms with Crippen LogP contribution in [0.3, 0.4) is 0 Å². The third-order valence-corrected chi connectivity index (χ3v) is 4.25. The quantitative estimate of drug-likeness (QED) is 0.836. The van der Waals surface area contributed by atoms with E-state index in [0.29, 0.717) is 18.4 Å². The number of rotatable bonds is 4. The van der Waals surface area contributed by atoms with Crippen molar-refractivity contribution in [1.82, 2.24) is 4.90 Å². The van der Waals surface area contributed by atoms with Crippen molar-refractivity contribution in [2.75, 3.05) is 26.3 Å². The summed E-state index contributed by atoms with van der Waals surface area (Å²) in [5, 5.41) is 8.77. The standard InChI is InChI=1S/C14H25NO3/c16-14(17)6-5-12-3-1-8-15(11-12)13-4-2-9-18-10-7-13/h12-13H,1-11H2,(H,16,17). The summed E-state index contributed by atoms with van der Waals surface area (Å²) in [5.74, 6) is -0.0750. The van der Waals surface area contributed by atoms with Gasteiger partial charge in [-0.2, -0.15) is 0 Å². The summed E-state index contributed by atoms with van der Waals surface area (Å²) in [6.07, 6.45) is 7.15. The number of hydrogen-bond acceptors (Lipinski definition) is 3. The number of carboxylic acids is 1. The minimum absolute atomic E-state index is 0.326.